The van der Waals surface area contributed by atoms with E-state index in [1.54, 1.807) is 18.0 Å². The van der Waals surface area contributed by atoms with Crippen LogP contribution in [0.15, 0.2) is 30.5 Å². The van der Waals surface area contributed by atoms with E-state index in [0.717, 1.165) is 22.7 Å². The van der Waals surface area contributed by atoms with Crippen molar-refractivity contribution in [2.24, 2.45) is 0 Å². The standard InChI is InChI=1S/C14H16N2O3/c1-10-11(3-8-14(17)18)9-15-16(10)12-4-6-13(19-2)7-5-12/h4-7,9H,3,8H2,1-2H3,(H,17,18). The van der Waals surface area contributed by atoms with Crippen molar-refractivity contribution in [2.75, 3.05) is 7.11 Å². The van der Waals surface area contributed by atoms with E-state index >= 15 is 0 Å². The molecular formula is C14H16N2O3. The minimum absolute atomic E-state index is 0.120. The third-order valence-electron chi connectivity index (χ3n) is 3.04. The lowest BCUT2D eigenvalue weighted by Gasteiger charge is -2.06. The highest BCUT2D eigenvalue weighted by molar-refractivity contribution is 5.67. The van der Waals surface area contributed by atoms with Gasteiger partial charge in [0.05, 0.1) is 19.0 Å². The van der Waals surface area contributed by atoms with Crippen molar-refractivity contribution >= 4 is 5.97 Å². The number of hydrogen-bond acceptors (Lipinski definition) is 3. The Balaban J connectivity index is 2.22. The smallest absolute Gasteiger partial charge is 0.303 e. The first kappa shape index (κ1) is 13.1. The number of aliphatic carboxylic acids is 1. The highest BCUT2D eigenvalue weighted by Crippen LogP contribution is 2.18. The van der Waals surface area contributed by atoms with Crippen LogP contribution in [0.2, 0.25) is 0 Å². The molecule has 5 nitrogen and oxygen atoms in total. The van der Waals surface area contributed by atoms with Crippen LogP contribution in [0, 0.1) is 6.92 Å². The summed E-state index contributed by atoms with van der Waals surface area (Å²) in [6.45, 7) is 1.94. The average Bonchev–Trinajstić information content (AvgIpc) is 2.78. The minimum atomic E-state index is -0.795. The monoisotopic (exact) mass is 260 g/mol. The number of ether oxygens (including phenoxy) is 1. The van der Waals surface area contributed by atoms with Crippen LogP contribution in [0.25, 0.3) is 5.69 Å². The Morgan fingerprint density at radius 1 is 1.37 bits per heavy atom. The molecule has 19 heavy (non-hydrogen) atoms. The van der Waals surface area contributed by atoms with E-state index in [1.807, 2.05) is 31.2 Å². The van der Waals surface area contributed by atoms with E-state index in [1.165, 1.54) is 0 Å². The van der Waals surface area contributed by atoms with E-state index in [9.17, 15) is 4.79 Å². The van der Waals surface area contributed by atoms with E-state index in [-0.39, 0.29) is 6.42 Å². The largest absolute Gasteiger partial charge is 0.497 e. The first-order valence-corrected chi connectivity index (χ1v) is 6.01. The molecule has 2 aromatic rings. The third-order valence-corrected chi connectivity index (χ3v) is 3.04. The van der Waals surface area contributed by atoms with Crippen molar-refractivity contribution in [3.63, 3.8) is 0 Å². The minimum Gasteiger partial charge on any atom is -0.497 e. The maximum Gasteiger partial charge on any atom is 0.303 e. The molecule has 0 saturated carbocycles. The predicted molar refractivity (Wildman–Crippen MR) is 70.8 cm³/mol. The number of carboxylic acids is 1. The van der Waals surface area contributed by atoms with Crippen LogP contribution in [0.1, 0.15) is 17.7 Å². The lowest BCUT2D eigenvalue weighted by atomic mass is 10.1. The van der Waals surface area contributed by atoms with Gasteiger partial charge in [-0.3, -0.25) is 4.79 Å². The molecule has 0 saturated heterocycles. The van der Waals surface area contributed by atoms with Crippen LogP contribution in [-0.4, -0.2) is 28.0 Å². The number of methoxy groups -OCH3 is 1. The molecule has 0 amide bonds. The van der Waals surface area contributed by atoms with Gasteiger partial charge in [0.25, 0.3) is 0 Å². The van der Waals surface area contributed by atoms with Gasteiger partial charge in [-0.2, -0.15) is 5.10 Å². The number of rotatable bonds is 5. The summed E-state index contributed by atoms with van der Waals surface area (Å²) in [5.74, 6) is -0.00347. The first-order chi connectivity index (χ1) is 9.11. The SMILES string of the molecule is COc1ccc(-n2ncc(CCC(=O)O)c2C)cc1. The molecule has 0 atom stereocenters. The second-order valence-electron chi connectivity index (χ2n) is 4.26. The van der Waals surface area contributed by atoms with Crippen LogP contribution >= 0.6 is 0 Å². The summed E-state index contributed by atoms with van der Waals surface area (Å²) in [4.78, 5) is 10.6. The van der Waals surface area contributed by atoms with Crippen molar-refractivity contribution in [1.29, 1.82) is 0 Å². The molecule has 1 aromatic heterocycles. The normalized spacial score (nSPS) is 10.4. The maximum atomic E-state index is 10.6. The summed E-state index contributed by atoms with van der Waals surface area (Å²) in [6.07, 6.45) is 2.34. The van der Waals surface area contributed by atoms with Crippen LogP contribution < -0.4 is 4.74 Å². The Hall–Kier alpha value is -2.30. The van der Waals surface area contributed by atoms with Gasteiger partial charge < -0.3 is 9.84 Å². The molecule has 0 aliphatic heterocycles. The van der Waals surface area contributed by atoms with E-state index in [2.05, 4.69) is 5.10 Å². The zero-order valence-electron chi connectivity index (χ0n) is 11.0. The van der Waals surface area contributed by atoms with Crippen molar-refractivity contribution in [3.05, 3.63) is 41.7 Å². The fourth-order valence-corrected chi connectivity index (χ4v) is 1.91. The number of aryl methyl sites for hydroxylation is 1. The molecule has 1 heterocycles. The third kappa shape index (κ3) is 2.93. The van der Waals surface area contributed by atoms with E-state index < -0.39 is 5.97 Å². The van der Waals surface area contributed by atoms with Gasteiger partial charge in [0.2, 0.25) is 0 Å². The number of carboxylic acid groups (broad SMARTS) is 1. The number of aromatic nitrogens is 2. The van der Waals surface area contributed by atoms with Crippen LogP contribution in [0.5, 0.6) is 5.75 Å². The summed E-state index contributed by atoms with van der Waals surface area (Å²) >= 11 is 0. The van der Waals surface area contributed by atoms with Crippen molar-refractivity contribution in [1.82, 2.24) is 9.78 Å². The second kappa shape index (κ2) is 5.56. The molecule has 0 aliphatic carbocycles. The fourth-order valence-electron chi connectivity index (χ4n) is 1.91. The summed E-state index contributed by atoms with van der Waals surface area (Å²) in [6, 6.07) is 7.57. The average molecular weight is 260 g/mol. The van der Waals surface area contributed by atoms with Gasteiger partial charge in [-0.15, -0.1) is 0 Å². The number of carbonyl (C=O) groups is 1. The summed E-state index contributed by atoms with van der Waals surface area (Å²) in [5.41, 5.74) is 2.85. The van der Waals surface area contributed by atoms with Crippen LogP contribution in [0.4, 0.5) is 0 Å². The molecule has 1 N–H and O–H groups in total. The van der Waals surface area contributed by atoms with E-state index in [0.29, 0.717) is 6.42 Å². The lowest BCUT2D eigenvalue weighted by molar-refractivity contribution is -0.136. The molecule has 0 spiro atoms. The Labute approximate surface area is 111 Å². The number of hydrogen-bond donors (Lipinski definition) is 1. The molecule has 0 bridgehead atoms. The highest BCUT2D eigenvalue weighted by Gasteiger charge is 2.09. The van der Waals surface area contributed by atoms with Crippen LogP contribution in [-0.2, 0) is 11.2 Å². The quantitative estimate of drug-likeness (QED) is 0.895. The fraction of sp³-hybridized carbons (Fsp3) is 0.286. The first-order valence-electron chi connectivity index (χ1n) is 6.01. The predicted octanol–water partition coefficient (Wildman–Crippen LogP) is 2.21. The van der Waals surface area contributed by atoms with Gasteiger partial charge in [0.1, 0.15) is 5.75 Å². The molecule has 0 fully saturated rings. The van der Waals surface area contributed by atoms with E-state index in [4.69, 9.17) is 9.84 Å². The topological polar surface area (TPSA) is 64.4 Å². The van der Waals surface area contributed by atoms with Crippen molar-refractivity contribution < 1.29 is 14.6 Å². The van der Waals surface area contributed by atoms with Crippen LogP contribution in [0.3, 0.4) is 0 Å². The molecular weight excluding hydrogens is 244 g/mol. The maximum absolute atomic E-state index is 10.6. The molecule has 5 heteroatoms. The lowest BCUT2D eigenvalue weighted by Crippen LogP contribution is -2.01. The van der Waals surface area contributed by atoms with Gasteiger partial charge in [-0.25, -0.2) is 4.68 Å². The van der Waals surface area contributed by atoms with Gasteiger partial charge in [-0.05, 0) is 43.2 Å². The molecule has 0 aliphatic rings. The van der Waals surface area contributed by atoms with Gasteiger partial charge in [0.15, 0.2) is 0 Å². The highest BCUT2D eigenvalue weighted by atomic mass is 16.5. The van der Waals surface area contributed by atoms with Crippen molar-refractivity contribution in [3.8, 4) is 11.4 Å². The zero-order chi connectivity index (χ0) is 13.8. The van der Waals surface area contributed by atoms with Gasteiger partial charge in [0, 0.05) is 12.1 Å². The summed E-state index contributed by atoms with van der Waals surface area (Å²) in [5, 5.41) is 13.0. The second-order valence-corrected chi connectivity index (χ2v) is 4.26. The zero-order valence-corrected chi connectivity index (χ0v) is 11.0. The van der Waals surface area contributed by atoms with Gasteiger partial charge >= 0.3 is 5.97 Å². The van der Waals surface area contributed by atoms with Gasteiger partial charge in [-0.1, -0.05) is 0 Å². The number of benzene rings is 1. The Morgan fingerprint density at radius 3 is 2.63 bits per heavy atom. The summed E-state index contributed by atoms with van der Waals surface area (Å²) < 4.78 is 6.91. The molecule has 0 radical (unpaired) electrons. The molecule has 2 rings (SSSR count). The Kier molecular flexibility index (Phi) is 3.85. The van der Waals surface area contributed by atoms with Crippen molar-refractivity contribution in [2.45, 2.75) is 19.8 Å². The molecule has 1 aromatic carbocycles. The number of nitrogens with zero attached hydrogens (tertiary/aromatic N) is 2. The molecule has 0 unspecified atom stereocenters. The Bertz CT molecular complexity index is 573. The summed E-state index contributed by atoms with van der Waals surface area (Å²) in [7, 11) is 1.62. The molecule has 100 valence electrons. The Morgan fingerprint density at radius 2 is 2.05 bits per heavy atom.